The standard InChI is InChI=1S/C18H21F3N2O3/c1-11-6-3-4-9-14(11)26-10-15(24)23-17(25,18(19,20)21)13-8-5-7-12(2)16(13)22-23/h3-4,6,9,12-13,25H,5,7-8,10H2,1-2H3/t12-,13+,17+/m1/s1. The van der Waals surface area contributed by atoms with E-state index < -0.39 is 30.3 Å². The molecular formula is C18H21F3N2O3. The third-order valence-corrected chi connectivity index (χ3v) is 5.11. The number of carbonyl (C=O) groups excluding carboxylic acids is 1. The minimum atomic E-state index is -5.02. The lowest BCUT2D eigenvalue weighted by molar-refractivity contribution is -0.317. The molecule has 26 heavy (non-hydrogen) atoms. The number of rotatable bonds is 3. The number of nitrogens with zero attached hydrogens (tertiary/aromatic N) is 2. The van der Waals surface area contributed by atoms with Crippen molar-refractivity contribution in [1.82, 2.24) is 5.01 Å². The van der Waals surface area contributed by atoms with Crippen molar-refractivity contribution in [3.05, 3.63) is 29.8 Å². The van der Waals surface area contributed by atoms with Crippen molar-refractivity contribution in [1.29, 1.82) is 0 Å². The highest BCUT2D eigenvalue weighted by Gasteiger charge is 2.69. The number of halogens is 3. The van der Waals surface area contributed by atoms with Crippen molar-refractivity contribution in [2.75, 3.05) is 6.61 Å². The first kappa shape index (κ1) is 18.7. The predicted octanol–water partition coefficient (Wildman–Crippen LogP) is 3.26. The van der Waals surface area contributed by atoms with Crippen LogP contribution in [0.15, 0.2) is 29.4 Å². The average molecular weight is 370 g/mol. The van der Waals surface area contributed by atoms with Gasteiger partial charge >= 0.3 is 6.18 Å². The predicted molar refractivity (Wildman–Crippen MR) is 88.5 cm³/mol. The van der Waals surface area contributed by atoms with Crippen LogP contribution in [-0.2, 0) is 4.79 Å². The van der Waals surface area contributed by atoms with E-state index in [1.54, 1.807) is 38.1 Å². The van der Waals surface area contributed by atoms with Crippen molar-refractivity contribution in [2.45, 2.75) is 45.0 Å². The van der Waals surface area contributed by atoms with Crippen LogP contribution in [0.4, 0.5) is 13.2 Å². The number of amides is 1. The molecule has 0 unspecified atom stereocenters. The molecule has 1 fully saturated rings. The van der Waals surface area contributed by atoms with Gasteiger partial charge in [0.05, 0.1) is 5.92 Å². The number of aryl methyl sites for hydroxylation is 1. The summed E-state index contributed by atoms with van der Waals surface area (Å²) in [5.74, 6) is -2.07. The fraction of sp³-hybridized carbons (Fsp3) is 0.556. The number of benzene rings is 1. The summed E-state index contributed by atoms with van der Waals surface area (Å²) in [5, 5.41) is 14.6. The maximum Gasteiger partial charge on any atom is 0.439 e. The zero-order valence-electron chi connectivity index (χ0n) is 14.6. The van der Waals surface area contributed by atoms with Crippen LogP contribution in [0.2, 0.25) is 0 Å². The van der Waals surface area contributed by atoms with Crippen molar-refractivity contribution in [3.8, 4) is 5.75 Å². The highest BCUT2D eigenvalue weighted by Crippen LogP contribution is 2.49. The lowest BCUT2D eigenvalue weighted by Gasteiger charge is -2.38. The number of fused-ring (bicyclic) bond motifs is 1. The van der Waals surface area contributed by atoms with Crippen molar-refractivity contribution >= 4 is 11.6 Å². The second kappa shape index (κ2) is 6.57. The van der Waals surface area contributed by atoms with Gasteiger partial charge in [0.25, 0.3) is 11.6 Å². The molecule has 0 radical (unpaired) electrons. The van der Waals surface area contributed by atoms with Crippen LogP contribution in [0.25, 0.3) is 0 Å². The van der Waals surface area contributed by atoms with Crippen molar-refractivity contribution in [2.24, 2.45) is 16.9 Å². The summed E-state index contributed by atoms with van der Waals surface area (Å²) >= 11 is 0. The van der Waals surface area contributed by atoms with Crippen LogP contribution in [0, 0.1) is 18.8 Å². The molecule has 1 amide bonds. The summed E-state index contributed by atoms with van der Waals surface area (Å²) in [4.78, 5) is 12.5. The lowest BCUT2D eigenvalue weighted by atomic mass is 9.75. The van der Waals surface area contributed by atoms with Crippen molar-refractivity contribution < 1.29 is 27.8 Å². The van der Waals surface area contributed by atoms with Gasteiger partial charge in [-0.2, -0.15) is 23.3 Å². The van der Waals surface area contributed by atoms with Crippen molar-refractivity contribution in [3.63, 3.8) is 0 Å². The van der Waals surface area contributed by atoms with Gasteiger partial charge in [0.1, 0.15) is 5.75 Å². The molecule has 0 saturated heterocycles. The summed E-state index contributed by atoms with van der Waals surface area (Å²) in [7, 11) is 0. The maximum atomic E-state index is 13.7. The third-order valence-electron chi connectivity index (χ3n) is 5.11. The Bertz CT molecular complexity index is 735. The number of aliphatic hydroxyl groups is 1. The summed E-state index contributed by atoms with van der Waals surface area (Å²) in [6, 6.07) is 6.87. The fourth-order valence-corrected chi connectivity index (χ4v) is 3.66. The molecule has 3 rings (SSSR count). The highest BCUT2D eigenvalue weighted by molar-refractivity contribution is 5.95. The molecule has 1 N–H and O–H groups in total. The number of para-hydroxylation sites is 1. The monoisotopic (exact) mass is 370 g/mol. The Morgan fingerprint density at radius 1 is 1.38 bits per heavy atom. The number of carbonyl (C=O) groups is 1. The van der Waals surface area contributed by atoms with Crippen LogP contribution >= 0.6 is 0 Å². The normalized spacial score (nSPS) is 28.5. The van der Waals surface area contributed by atoms with Gasteiger partial charge < -0.3 is 9.84 Å². The van der Waals surface area contributed by atoms with E-state index in [9.17, 15) is 23.1 Å². The first-order valence-electron chi connectivity index (χ1n) is 8.55. The van der Waals surface area contributed by atoms with Gasteiger partial charge in [-0.1, -0.05) is 31.5 Å². The van der Waals surface area contributed by atoms with Crippen LogP contribution in [-0.4, -0.2) is 40.2 Å². The number of hydrogen-bond donors (Lipinski definition) is 1. The molecule has 1 saturated carbocycles. The number of ether oxygens (including phenoxy) is 1. The van der Waals surface area contributed by atoms with E-state index in [4.69, 9.17) is 4.74 Å². The van der Waals surface area contributed by atoms with Crippen LogP contribution in [0.3, 0.4) is 0 Å². The van der Waals surface area contributed by atoms with E-state index in [-0.39, 0.29) is 23.1 Å². The number of hydrogen-bond acceptors (Lipinski definition) is 4. The lowest BCUT2D eigenvalue weighted by Crippen LogP contribution is -2.62. The van der Waals surface area contributed by atoms with E-state index in [1.165, 1.54) is 0 Å². The van der Waals surface area contributed by atoms with Crippen LogP contribution < -0.4 is 4.74 Å². The molecule has 3 atom stereocenters. The Balaban J connectivity index is 1.86. The molecular weight excluding hydrogens is 349 g/mol. The molecule has 1 heterocycles. The average Bonchev–Trinajstić information content (AvgIpc) is 2.90. The van der Waals surface area contributed by atoms with E-state index in [2.05, 4.69) is 5.10 Å². The quantitative estimate of drug-likeness (QED) is 0.888. The van der Waals surface area contributed by atoms with Gasteiger partial charge in [-0.05, 0) is 37.3 Å². The summed E-state index contributed by atoms with van der Waals surface area (Å²) in [6.07, 6.45) is -3.64. The largest absolute Gasteiger partial charge is 0.483 e. The summed E-state index contributed by atoms with van der Waals surface area (Å²) in [5.41, 5.74) is -2.33. The van der Waals surface area contributed by atoms with Gasteiger partial charge in [0.15, 0.2) is 6.61 Å². The molecule has 5 nitrogen and oxygen atoms in total. The molecule has 0 aromatic heterocycles. The Morgan fingerprint density at radius 2 is 2.08 bits per heavy atom. The summed E-state index contributed by atoms with van der Waals surface area (Å²) < 4.78 is 46.5. The van der Waals surface area contributed by atoms with E-state index in [0.717, 1.165) is 5.56 Å². The number of hydrazone groups is 1. The maximum absolute atomic E-state index is 13.7. The Kier molecular flexibility index (Phi) is 4.72. The second-order valence-electron chi connectivity index (χ2n) is 6.89. The van der Waals surface area contributed by atoms with Gasteiger partial charge in [-0.3, -0.25) is 4.79 Å². The molecule has 2 aliphatic rings. The number of alkyl halides is 3. The first-order chi connectivity index (χ1) is 12.2. The van der Waals surface area contributed by atoms with Gasteiger partial charge in [-0.15, -0.1) is 0 Å². The van der Waals surface area contributed by atoms with E-state index in [1.807, 2.05) is 0 Å². The molecule has 1 aliphatic carbocycles. The molecule has 1 aromatic rings. The SMILES string of the molecule is Cc1ccccc1OCC(=O)N1N=C2[C@H](C)CCC[C@@H]2[C@]1(O)C(F)(F)F. The topological polar surface area (TPSA) is 62.1 Å². The van der Waals surface area contributed by atoms with Crippen LogP contribution in [0.1, 0.15) is 31.7 Å². The molecule has 142 valence electrons. The highest BCUT2D eigenvalue weighted by atomic mass is 19.4. The second-order valence-corrected chi connectivity index (χ2v) is 6.89. The Hall–Kier alpha value is -2.09. The zero-order chi connectivity index (χ0) is 19.1. The van der Waals surface area contributed by atoms with Gasteiger partial charge in [0, 0.05) is 5.71 Å². The van der Waals surface area contributed by atoms with E-state index >= 15 is 0 Å². The van der Waals surface area contributed by atoms with Crippen LogP contribution in [0.5, 0.6) is 5.75 Å². The molecule has 1 aromatic carbocycles. The first-order valence-corrected chi connectivity index (χ1v) is 8.55. The zero-order valence-corrected chi connectivity index (χ0v) is 14.6. The molecule has 0 bridgehead atoms. The smallest absolute Gasteiger partial charge is 0.439 e. The molecule has 0 spiro atoms. The Labute approximate surface area is 149 Å². The fourth-order valence-electron chi connectivity index (χ4n) is 3.66. The summed E-state index contributed by atoms with van der Waals surface area (Å²) in [6.45, 7) is 2.89. The Morgan fingerprint density at radius 3 is 2.73 bits per heavy atom. The van der Waals surface area contributed by atoms with E-state index in [0.29, 0.717) is 18.6 Å². The molecule has 1 aliphatic heterocycles. The minimum Gasteiger partial charge on any atom is -0.483 e. The third kappa shape index (κ3) is 2.96. The van der Waals surface area contributed by atoms with Gasteiger partial charge in [-0.25, -0.2) is 0 Å². The van der Waals surface area contributed by atoms with Gasteiger partial charge in [0.2, 0.25) is 0 Å². The molecule has 8 heteroatoms. The minimum absolute atomic E-state index is 0.140.